The van der Waals surface area contributed by atoms with E-state index in [1.807, 2.05) is 4.90 Å². The van der Waals surface area contributed by atoms with Crippen molar-refractivity contribution in [1.82, 2.24) is 4.90 Å². The normalized spacial score (nSPS) is 26.9. The number of carbonyl (C=O) groups is 1. The summed E-state index contributed by atoms with van der Waals surface area (Å²) in [6, 6.07) is -0.330. The average Bonchev–Trinajstić information content (AvgIpc) is 2.62. The number of likely N-dealkylation sites (tertiary alicyclic amines) is 1. The molecule has 2 fully saturated rings. The van der Waals surface area contributed by atoms with E-state index in [2.05, 4.69) is 0 Å². The molecule has 1 saturated heterocycles. The molecule has 2 rings (SSSR count). The molecule has 0 unspecified atom stereocenters. The van der Waals surface area contributed by atoms with Gasteiger partial charge in [-0.15, -0.1) is 0 Å². The van der Waals surface area contributed by atoms with Crippen molar-refractivity contribution in [3.63, 3.8) is 0 Å². The third kappa shape index (κ3) is 2.17. The zero-order valence-corrected chi connectivity index (χ0v) is 9.67. The number of rotatable bonds is 1. The van der Waals surface area contributed by atoms with Gasteiger partial charge in [0.1, 0.15) is 0 Å². The van der Waals surface area contributed by atoms with Gasteiger partial charge in [0.2, 0.25) is 5.91 Å². The van der Waals surface area contributed by atoms with Crippen LogP contribution in [0.1, 0.15) is 45.4 Å². The van der Waals surface area contributed by atoms with E-state index in [0.717, 1.165) is 13.1 Å². The lowest BCUT2D eigenvalue weighted by Gasteiger charge is -2.33. The van der Waals surface area contributed by atoms with Gasteiger partial charge in [-0.25, -0.2) is 0 Å². The Morgan fingerprint density at radius 1 is 1.27 bits per heavy atom. The van der Waals surface area contributed by atoms with Crippen molar-refractivity contribution >= 4 is 5.91 Å². The summed E-state index contributed by atoms with van der Waals surface area (Å²) in [6.07, 6.45) is 7.90. The molecule has 0 aromatic rings. The van der Waals surface area contributed by atoms with E-state index in [0.29, 0.717) is 5.41 Å². The summed E-state index contributed by atoms with van der Waals surface area (Å²) in [5.41, 5.74) is 6.10. The monoisotopic (exact) mass is 210 g/mol. The molecule has 1 aliphatic carbocycles. The molecular weight excluding hydrogens is 188 g/mol. The van der Waals surface area contributed by atoms with Gasteiger partial charge in [0.05, 0.1) is 6.04 Å². The van der Waals surface area contributed by atoms with Crippen LogP contribution in [0.2, 0.25) is 0 Å². The quantitative estimate of drug-likeness (QED) is 0.713. The molecule has 0 bridgehead atoms. The van der Waals surface area contributed by atoms with Crippen LogP contribution < -0.4 is 5.73 Å². The van der Waals surface area contributed by atoms with Crippen molar-refractivity contribution < 1.29 is 4.79 Å². The summed E-state index contributed by atoms with van der Waals surface area (Å²) in [5.74, 6) is 0.137. The van der Waals surface area contributed by atoms with E-state index in [4.69, 9.17) is 5.73 Å². The molecule has 86 valence electrons. The summed E-state index contributed by atoms with van der Waals surface area (Å²) in [4.78, 5) is 13.8. The zero-order valence-electron chi connectivity index (χ0n) is 9.67. The Balaban J connectivity index is 1.96. The maximum absolute atomic E-state index is 11.8. The minimum atomic E-state index is -0.330. The lowest BCUT2D eigenvalue weighted by Crippen LogP contribution is -2.42. The first-order valence-electron chi connectivity index (χ1n) is 6.17. The van der Waals surface area contributed by atoms with Crippen molar-refractivity contribution in [3.8, 4) is 0 Å². The first-order valence-corrected chi connectivity index (χ1v) is 6.17. The zero-order chi connectivity index (χ0) is 10.9. The summed E-state index contributed by atoms with van der Waals surface area (Å²) < 4.78 is 0. The SMILES string of the molecule is C[C@H](N)C(=O)N1CCC2(CCCCC2)C1. The lowest BCUT2D eigenvalue weighted by atomic mass is 9.73. The van der Waals surface area contributed by atoms with Gasteiger partial charge >= 0.3 is 0 Å². The third-order valence-corrected chi connectivity index (χ3v) is 4.05. The van der Waals surface area contributed by atoms with Crippen LogP contribution in [0.25, 0.3) is 0 Å². The minimum Gasteiger partial charge on any atom is -0.341 e. The Hall–Kier alpha value is -0.570. The Morgan fingerprint density at radius 2 is 1.93 bits per heavy atom. The second-order valence-corrected chi connectivity index (χ2v) is 5.36. The molecule has 15 heavy (non-hydrogen) atoms. The van der Waals surface area contributed by atoms with Crippen LogP contribution in [0.3, 0.4) is 0 Å². The second kappa shape index (κ2) is 4.12. The first-order chi connectivity index (χ1) is 7.13. The maximum atomic E-state index is 11.8. The van der Waals surface area contributed by atoms with Gasteiger partial charge in [-0.05, 0) is 31.6 Å². The van der Waals surface area contributed by atoms with Gasteiger partial charge in [0.15, 0.2) is 0 Å². The van der Waals surface area contributed by atoms with E-state index in [-0.39, 0.29) is 11.9 Å². The van der Waals surface area contributed by atoms with Crippen molar-refractivity contribution in [2.45, 2.75) is 51.5 Å². The number of hydrogen-bond donors (Lipinski definition) is 1. The van der Waals surface area contributed by atoms with Crippen LogP contribution in [0, 0.1) is 5.41 Å². The second-order valence-electron chi connectivity index (χ2n) is 5.36. The molecule has 2 aliphatic rings. The Labute approximate surface area is 92.0 Å². The smallest absolute Gasteiger partial charge is 0.239 e. The number of nitrogens with two attached hydrogens (primary N) is 1. The van der Waals surface area contributed by atoms with Crippen molar-refractivity contribution in [1.29, 1.82) is 0 Å². The molecule has 1 saturated carbocycles. The highest BCUT2D eigenvalue weighted by Gasteiger charge is 2.40. The molecule has 1 aliphatic heterocycles. The highest BCUT2D eigenvalue weighted by Crippen LogP contribution is 2.43. The van der Waals surface area contributed by atoms with Crippen molar-refractivity contribution in [3.05, 3.63) is 0 Å². The average molecular weight is 210 g/mol. The van der Waals surface area contributed by atoms with Gasteiger partial charge in [0.25, 0.3) is 0 Å². The number of nitrogens with zero attached hydrogens (tertiary/aromatic N) is 1. The minimum absolute atomic E-state index is 0.137. The number of amides is 1. The summed E-state index contributed by atoms with van der Waals surface area (Å²) in [7, 11) is 0. The fraction of sp³-hybridized carbons (Fsp3) is 0.917. The Bertz CT molecular complexity index is 244. The standard InChI is InChI=1S/C12H22N2O/c1-10(13)11(15)14-8-7-12(9-14)5-3-2-4-6-12/h10H,2-9,13H2,1H3/t10-/m0/s1. The molecule has 1 atom stereocenters. The predicted molar refractivity (Wildman–Crippen MR) is 60.4 cm³/mol. The van der Waals surface area contributed by atoms with Crippen LogP contribution in [0.5, 0.6) is 0 Å². The van der Waals surface area contributed by atoms with E-state index >= 15 is 0 Å². The van der Waals surface area contributed by atoms with Gasteiger partial charge in [-0.1, -0.05) is 19.3 Å². The highest BCUT2D eigenvalue weighted by atomic mass is 16.2. The van der Waals surface area contributed by atoms with E-state index in [1.54, 1.807) is 6.92 Å². The lowest BCUT2D eigenvalue weighted by molar-refractivity contribution is -0.131. The maximum Gasteiger partial charge on any atom is 0.239 e. The van der Waals surface area contributed by atoms with Crippen LogP contribution in [-0.2, 0) is 4.79 Å². The summed E-state index contributed by atoms with van der Waals surface area (Å²) in [6.45, 7) is 3.68. The van der Waals surface area contributed by atoms with Crippen LogP contribution in [-0.4, -0.2) is 29.9 Å². The van der Waals surface area contributed by atoms with Crippen LogP contribution in [0.4, 0.5) is 0 Å². The van der Waals surface area contributed by atoms with E-state index < -0.39 is 0 Å². The van der Waals surface area contributed by atoms with Gasteiger partial charge < -0.3 is 10.6 Å². The molecule has 3 heteroatoms. The third-order valence-electron chi connectivity index (χ3n) is 4.05. The Kier molecular flexibility index (Phi) is 3.01. The molecule has 1 spiro atoms. The van der Waals surface area contributed by atoms with Crippen LogP contribution in [0.15, 0.2) is 0 Å². The predicted octanol–water partition coefficient (Wildman–Crippen LogP) is 1.52. The first kappa shape index (κ1) is 10.9. The number of carbonyl (C=O) groups excluding carboxylic acids is 1. The van der Waals surface area contributed by atoms with Crippen molar-refractivity contribution in [2.24, 2.45) is 11.1 Å². The van der Waals surface area contributed by atoms with E-state index in [1.165, 1.54) is 38.5 Å². The molecular formula is C12H22N2O. The van der Waals surface area contributed by atoms with Gasteiger partial charge in [-0.3, -0.25) is 4.79 Å². The summed E-state index contributed by atoms with van der Waals surface area (Å²) in [5, 5.41) is 0. The summed E-state index contributed by atoms with van der Waals surface area (Å²) >= 11 is 0. The Morgan fingerprint density at radius 3 is 2.53 bits per heavy atom. The molecule has 3 nitrogen and oxygen atoms in total. The van der Waals surface area contributed by atoms with Gasteiger partial charge in [0, 0.05) is 13.1 Å². The molecule has 0 radical (unpaired) electrons. The fourth-order valence-electron chi connectivity index (χ4n) is 3.12. The molecule has 0 aromatic heterocycles. The number of hydrogen-bond acceptors (Lipinski definition) is 2. The van der Waals surface area contributed by atoms with Gasteiger partial charge in [-0.2, -0.15) is 0 Å². The highest BCUT2D eigenvalue weighted by molar-refractivity contribution is 5.81. The largest absolute Gasteiger partial charge is 0.341 e. The molecule has 2 N–H and O–H groups in total. The topological polar surface area (TPSA) is 46.3 Å². The molecule has 0 aromatic carbocycles. The molecule has 1 amide bonds. The fourth-order valence-corrected chi connectivity index (χ4v) is 3.12. The van der Waals surface area contributed by atoms with E-state index in [9.17, 15) is 4.79 Å². The van der Waals surface area contributed by atoms with Crippen LogP contribution >= 0.6 is 0 Å². The van der Waals surface area contributed by atoms with Crippen molar-refractivity contribution in [2.75, 3.05) is 13.1 Å². The molecule has 1 heterocycles.